The summed E-state index contributed by atoms with van der Waals surface area (Å²) in [5.74, 6) is -2.21. The van der Waals surface area contributed by atoms with E-state index < -0.39 is 17.9 Å². The maximum atomic E-state index is 10.9. The number of phenols is 2. The molecule has 0 radical (unpaired) electrons. The van der Waals surface area contributed by atoms with Crippen molar-refractivity contribution in [2.75, 3.05) is 0 Å². The highest BCUT2D eigenvalue weighted by Crippen LogP contribution is 2.25. The van der Waals surface area contributed by atoms with Crippen molar-refractivity contribution < 1.29 is 24.9 Å². The van der Waals surface area contributed by atoms with Crippen LogP contribution >= 0.6 is 0 Å². The van der Waals surface area contributed by atoms with Gasteiger partial charge in [-0.1, -0.05) is 6.07 Å². The maximum Gasteiger partial charge on any atom is 0.326 e. The molecule has 1 aromatic rings. The molecule has 17 heavy (non-hydrogen) atoms. The molecule has 0 saturated carbocycles. The highest BCUT2D eigenvalue weighted by atomic mass is 16.4. The van der Waals surface area contributed by atoms with E-state index in [0.29, 0.717) is 5.56 Å². The number of benzene rings is 1. The fraction of sp³-hybridized carbons (Fsp3) is 0.273. The van der Waals surface area contributed by atoms with Crippen LogP contribution in [0, 0.1) is 0 Å². The Morgan fingerprint density at radius 1 is 1.29 bits per heavy atom. The average molecular weight is 239 g/mol. The number of aromatic hydroxyl groups is 2. The summed E-state index contributed by atoms with van der Waals surface area (Å²) in [4.78, 5) is 21.7. The number of hydrogen-bond acceptors (Lipinski definition) is 4. The van der Waals surface area contributed by atoms with Gasteiger partial charge in [-0.15, -0.1) is 0 Å². The van der Waals surface area contributed by atoms with Crippen LogP contribution in [0.2, 0.25) is 0 Å². The van der Waals surface area contributed by atoms with E-state index >= 15 is 0 Å². The first-order valence-electron chi connectivity index (χ1n) is 4.91. The van der Waals surface area contributed by atoms with Crippen molar-refractivity contribution in [3.8, 4) is 11.5 Å². The van der Waals surface area contributed by atoms with Gasteiger partial charge in [0.2, 0.25) is 5.91 Å². The second-order valence-corrected chi connectivity index (χ2v) is 3.62. The van der Waals surface area contributed by atoms with Crippen LogP contribution in [0.3, 0.4) is 0 Å². The van der Waals surface area contributed by atoms with Crippen LogP contribution in [-0.4, -0.2) is 33.2 Å². The molecule has 0 aliphatic carbocycles. The first-order valence-corrected chi connectivity index (χ1v) is 4.91. The molecule has 6 nitrogen and oxygen atoms in total. The summed E-state index contributed by atoms with van der Waals surface area (Å²) in [7, 11) is 0. The third-order valence-electron chi connectivity index (χ3n) is 2.16. The van der Waals surface area contributed by atoms with Gasteiger partial charge in [0, 0.05) is 13.3 Å². The Labute approximate surface area is 97.5 Å². The highest BCUT2D eigenvalue weighted by molar-refractivity contribution is 5.82. The maximum absolute atomic E-state index is 10.9. The largest absolute Gasteiger partial charge is 0.504 e. The van der Waals surface area contributed by atoms with E-state index in [1.54, 1.807) is 0 Å². The van der Waals surface area contributed by atoms with Gasteiger partial charge in [0.1, 0.15) is 6.04 Å². The zero-order valence-electron chi connectivity index (χ0n) is 9.17. The minimum atomic E-state index is -1.16. The van der Waals surface area contributed by atoms with E-state index in [0.717, 1.165) is 0 Å². The lowest BCUT2D eigenvalue weighted by molar-refractivity contribution is -0.141. The summed E-state index contributed by atoms with van der Waals surface area (Å²) < 4.78 is 0. The summed E-state index contributed by atoms with van der Waals surface area (Å²) in [6, 6.07) is 2.94. The van der Waals surface area contributed by atoms with Gasteiger partial charge in [-0.05, 0) is 17.7 Å². The van der Waals surface area contributed by atoms with Crippen LogP contribution < -0.4 is 5.32 Å². The van der Waals surface area contributed by atoms with E-state index in [1.807, 2.05) is 0 Å². The average Bonchev–Trinajstić information content (AvgIpc) is 2.21. The predicted octanol–water partition coefficient (Wildman–Crippen LogP) is 0.230. The fourth-order valence-electron chi connectivity index (χ4n) is 1.38. The molecule has 1 rings (SSSR count). The molecule has 92 valence electrons. The lowest BCUT2D eigenvalue weighted by Crippen LogP contribution is -2.41. The Hall–Kier alpha value is -2.24. The number of carbonyl (C=O) groups is 2. The molecule has 4 N–H and O–H groups in total. The van der Waals surface area contributed by atoms with Crippen LogP contribution in [0.15, 0.2) is 18.2 Å². The molecule has 0 saturated heterocycles. The summed E-state index contributed by atoms with van der Waals surface area (Å²) in [5, 5.41) is 29.5. The van der Waals surface area contributed by atoms with Crippen molar-refractivity contribution in [1.82, 2.24) is 5.32 Å². The molecule has 0 spiro atoms. The topological polar surface area (TPSA) is 107 Å². The van der Waals surface area contributed by atoms with Gasteiger partial charge in [0.15, 0.2) is 11.5 Å². The third-order valence-corrected chi connectivity index (χ3v) is 2.16. The van der Waals surface area contributed by atoms with Crippen molar-refractivity contribution in [2.45, 2.75) is 19.4 Å². The van der Waals surface area contributed by atoms with Gasteiger partial charge < -0.3 is 20.6 Å². The van der Waals surface area contributed by atoms with Crippen molar-refractivity contribution in [2.24, 2.45) is 0 Å². The minimum absolute atomic E-state index is 0.0305. The first kappa shape index (κ1) is 12.8. The van der Waals surface area contributed by atoms with E-state index in [2.05, 4.69) is 5.32 Å². The SMILES string of the molecule is CC(=O)NC(Cc1ccc(O)c(O)c1)C(=O)O. The molecule has 1 amide bonds. The van der Waals surface area contributed by atoms with Gasteiger partial charge in [-0.25, -0.2) is 4.79 Å². The van der Waals surface area contributed by atoms with Crippen LogP contribution in [0.4, 0.5) is 0 Å². The molecule has 1 atom stereocenters. The van der Waals surface area contributed by atoms with E-state index in [1.165, 1.54) is 25.1 Å². The Kier molecular flexibility index (Phi) is 3.92. The standard InChI is InChI=1S/C11H13NO5/c1-6(13)12-8(11(16)17)4-7-2-3-9(14)10(15)5-7/h2-3,5,8,14-15H,4H2,1H3,(H,12,13)(H,16,17). The second kappa shape index (κ2) is 5.20. The smallest absolute Gasteiger partial charge is 0.326 e. The first-order chi connectivity index (χ1) is 7.90. The number of amides is 1. The van der Waals surface area contributed by atoms with E-state index in [-0.39, 0.29) is 17.9 Å². The number of hydrogen-bond donors (Lipinski definition) is 4. The van der Waals surface area contributed by atoms with Gasteiger partial charge in [0.25, 0.3) is 0 Å². The Balaban J connectivity index is 2.82. The fourth-order valence-corrected chi connectivity index (χ4v) is 1.38. The van der Waals surface area contributed by atoms with Crippen LogP contribution in [0.5, 0.6) is 11.5 Å². The Morgan fingerprint density at radius 2 is 1.94 bits per heavy atom. The molecule has 0 fully saturated rings. The van der Waals surface area contributed by atoms with Crippen LogP contribution in [-0.2, 0) is 16.0 Å². The quantitative estimate of drug-likeness (QED) is 0.563. The summed E-state index contributed by atoms with van der Waals surface area (Å²) in [6.07, 6.45) is 0.0305. The molecule has 0 heterocycles. The number of carboxylic acids is 1. The molecule has 1 aromatic carbocycles. The monoisotopic (exact) mass is 239 g/mol. The number of aliphatic carboxylic acids is 1. The third kappa shape index (κ3) is 3.67. The van der Waals surface area contributed by atoms with E-state index in [9.17, 15) is 14.7 Å². The van der Waals surface area contributed by atoms with Gasteiger partial charge in [0.05, 0.1) is 0 Å². The molecule has 0 aliphatic rings. The van der Waals surface area contributed by atoms with Gasteiger partial charge in [-0.2, -0.15) is 0 Å². The summed E-state index contributed by atoms with van der Waals surface area (Å²) >= 11 is 0. The van der Waals surface area contributed by atoms with E-state index in [4.69, 9.17) is 10.2 Å². The molecule has 1 unspecified atom stereocenters. The summed E-state index contributed by atoms with van der Waals surface area (Å²) in [5.41, 5.74) is 0.501. The molecular weight excluding hydrogens is 226 g/mol. The van der Waals surface area contributed by atoms with Crippen molar-refractivity contribution in [3.05, 3.63) is 23.8 Å². The number of carbonyl (C=O) groups excluding carboxylic acids is 1. The van der Waals surface area contributed by atoms with Crippen molar-refractivity contribution in [1.29, 1.82) is 0 Å². The number of rotatable bonds is 4. The zero-order chi connectivity index (χ0) is 13.0. The van der Waals surface area contributed by atoms with Crippen LogP contribution in [0.1, 0.15) is 12.5 Å². The zero-order valence-corrected chi connectivity index (χ0v) is 9.17. The minimum Gasteiger partial charge on any atom is -0.504 e. The second-order valence-electron chi connectivity index (χ2n) is 3.62. The molecule has 0 bridgehead atoms. The Morgan fingerprint density at radius 3 is 2.41 bits per heavy atom. The highest BCUT2D eigenvalue weighted by Gasteiger charge is 2.19. The number of carboxylic acid groups (broad SMARTS) is 1. The molecule has 0 aromatic heterocycles. The lowest BCUT2D eigenvalue weighted by Gasteiger charge is -2.13. The van der Waals surface area contributed by atoms with Gasteiger partial charge in [-0.3, -0.25) is 4.79 Å². The number of nitrogens with one attached hydrogen (secondary N) is 1. The van der Waals surface area contributed by atoms with Crippen molar-refractivity contribution >= 4 is 11.9 Å². The van der Waals surface area contributed by atoms with Gasteiger partial charge >= 0.3 is 5.97 Å². The Bertz CT molecular complexity index is 443. The molecular formula is C11H13NO5. The van der Waals surface area contributed by atoms with Crippen LogP contribution in [0.25, 0.3) is 0 Å². The number of phenolic OH excluding ortho intramolecular Hbond substituents is 2. The summed E-state index contributed by atoms with van der Waals surface area (Å²) in [6.45, 7) is 1.23. The lowest BCUT2D eigenvalue weighted by atomic mass is 10.1. The molecule has 6 heteroatoms. The predicted molar refractivity (Wildman–Crippen MR) is 58.7 cm³/mol. The normalized spacial score (nSPS) is 11.8. The molecule has 0 aliphatic heterocycles. The van der Waals surface area contributed by atoms with Crippen molar-refractivity contribution in [3.63, 3.8) is 0 Å².